The molecule has 9 heteroatoms. The minimum absolute atomic E-state index is 0.0571. The van der Waals surface area contributed by atoms with Crippen molar-refractivity contribution in [3.8, 4) is 0 Å². The number of hydrogen-bond acceptors (Lipinski definition) is 8. The summed E-state index contributed by atoms with van der Waals surface area (Å²) in [6.07, 6.45) is 14.3. The van der Waals surface area contributed by atoms with E-state index in [1.807, 2.05) is 13.8 Å². The first-order valence-electron chi connectivity index (χ1n) is 23.3. The summed E-state index contributed by atoms with van der Waals surface area (Å²) in [6.45, 7) is 45.5. The van der Waals surface area contributed by atoms with E-state index in [-0.39, 0.29) is 30.1 Å². The van der Waals surface area contributed by atoms with Crippen LogP contribution < -0.4 is 21.3 Å². The summed E-state index contributed by atoms with van der Waals surface area (Å²) in [5, 5.41) is 13.5. The van der Waals surface area contributed by atoms with Gasteiger partial charge in [0.2, 0.25) is 5.91 Å². The summed E-state index contributed by atoms with van der Waals surface area (Å²) in [4.78, 5) is 11.7. The van der Waals surface area contributed by atoms with Gasteiger partial charge in [0.1, 0.15) is 0 Å². The average molecular weight is 819 g/mol. The maximum absolute atomic E-state index is 11.7. The Balaban J connectivity index is 0.000000388. The second kappa shape index (κ2) is 27.7. The van der Waals surface area contributed by atoms with Crippen molar-refractivity contribution in [2.75, 3.05) is 0 Å². The molecule has 4 aliphatic rings. The van der Waals surface area contributed by atoms with Gasteiger partial charge in [-0.25, -0.2) is 0 Å². The average Bonchev–Trinajstić information content (AvgIpc) is 3.68. The van der Waals surface area contributed by atoms with E-state index in [1.165, 1.54) is 44.9 Å². The van der Waals surface area contributed by atoms with E-state index in [0.29, 0.717) is 72.5 Å². The van der Waals surface area contributed by atoms with Gasteiger partial charge in [0.05, 0.1) is 73.0 Å². The van der Waals surface area contributed by atoms with Crippen LogP contribution in [0.5, 0.6) is 0 Å². The minimum Gasteiger partial charge on any atom is -0.383 e. The van der Waals surface area contributed by atoms with Crippen molar-refractivity contribution in [2.45, 2.75) is 248 Å². The van der Waals surface area contributed by atoms with E-state index in [0.717, 1.165) is 36.4 Å². The van der Waals surface area contributed by atoms with Crippen molar-refractivity contribution in [2.24, 2.45) is 23.7 Å². The smallest absolute Gasteiger partial charge is 0.222 e. The fraction of sp³-hybridized carbons (Fsp3) is 0.857. The molecule has 4 saturated carbocycles. The van der Waals surface area contributed by atoms with Gasteiger partial charge in [0.25, 0.3) is 0 Å². The highest BCUT2D eigenvalue weighted by Gasteiger charge is 2.39. The molecular weight excluding hydrogens is 725 g/mol. The molecule has 0 radical (unpaired) electrons. The van der Waals surface area contributed by atoms with Gasteiger partial charge in [0, 0.05) is 23.0 Å². The molecule has 0 bridgehead atoms. The molecule has 8 unspecified atom stereocenters. The molecule has 0 aromatic carbocycles. The van der Waals surface area contributed by atoms with Crippen molar-refractivity contribution in [3.05, 3.63) is 36.8 Å². The van der Waals surface area contributed by atoms with Gasteiger partial charge < -0.3 is 40.2 Å². The Labute approximate surface area is 358 Å². The summed E-state index contributed by atoms with van der Waals surface area (Å²) in [6, 6.07) is 1.69. The first-order valence-corrected chi connectivity index (χ1v) is 23.3. The Kier molecular flexibility index (Phi) is 25.8. The minimum atomic E-state index is 0.0571. The molecule has 0 saturated heterocycles. The molecular formula is C49H94N4O5. The predicted molar refractivity (Wildman–Crippen MR) is 246 cm³/mol. The summed E-state index contributed by atoms with van der Waals surface area (Å²) < 4.78 is 23.2. The molecule has 8 atom stereocenters. The molecule has 0 aromatic heterocycles. The molecule has 4 rings (SSSR count). The highest BCUT2D eigenvalue weighted by atomic mass is 16.5. The fourth-order valence-corrected chi connectivity index (χ4v) is 6.91. The van der Waals surface area contributed by atoms with Crippen LogP contribution in [0.4, 0.5) is 0 Å². The van der Waals surface area contributed by atoms with Crippen LogP contribution >= 0.6 is 0 Å². The van der Waals surface area contributed by atoms with Gasteiger partial charge in [-0.15, -0.1) is 0 Å². The second-order valence-electron chi connectivity index (χ2n) is 19.5. The monoisotopic (exact) mass is 819 g/mol. The van der Waals surface area contributed by atoms with Crippen LogP contribution in [-0.4, -0.2) is 78.9 Å². The number of hydrogen-bond donors (Lipinski definition) is 4. The Morgan fingerprint density at radius 1 is 0.397 bits per heavy atom. The second-order valence-corrected chi connectivity index (χ2v) is 19.5. The zero-order valence-corrected chi connectivity index (χ0v) is 40.5. The normalized spacial score (nSPS) is 26.3. The maximum Gasteiger partial charge on any atom is 0.222 e. The summed E-state index contributed by atoms with van der Waals surface area (Å²) in [5.41, 5.74) is 3.39. The zero-order chi connectivity index (χ0) is 44.3. The molecule has 1 amide bonds. The Morgan fingerprint density at radius 3 is 1.10 bits per heavy atom. The standard InChI is InChI=1S/C13H25NO2.C13H25NO.C12H23NO.C11H21NO/c1-9(2)13(15)14-11-7-5-6-8-12(11)16-10(3)4;1-9(2)11(5)14-12-7-6-8-13(12)15-10(3)4;1-8(2)10(5)13-11-6-7-12(11)14-9(3)4;1-7(2)9(5)12-10-6-11(10)13-8(3)4/h9-12H,5-8H2,1-4H3,(H,14,15);9-10,12-14H,5-8H2,1-4H3;8-9,11-13H,5-7H2,1-4H3;7-8,10-12H,5-6H2,1-4H3. The highest BCUT2D eigenvalue weighted by molar-refractivity contribution is 5.78. The molecule has 0 spiro atoms. The molecule has 4 N–H and O–H groups in total. The summed E-state index contributed by atoms with van der Waals surface area (Å²) in [5.74, 6) is 1.73. The van der Waals surface area contributed by atoms with Gasteiger partial charge in [-0.1, -0.05) is 88.0 Å². The third kappa shape index (κ3) is 22.5. The van der Waals surface area contributed by atoms with Crippen LogP contribution in [0, 0.1) is 23.7 Å². The number of ether oxygens (including phenoxy) is 4. The zero-order valence-electron chi connectivity index (χ0n) is 40.5. The summed E-state index contributed by atoms with van der Waals surface area (Å²) >= 11 is 0. The molecule has 0 aliphatic heterocycles. The SMILES string of the molecule is C=C(NC1CC1OC(C)C)C(C)C.C=C(NC1CCC1OC(C)C)C(C)C.C=C(NC1CCCC1OC(C)C)C(C)C.CC(C)OC1CCCCC1NC(=O)C(C)C. The lowest BCUT2D eigenvalue weighted by atomic mass is 9.88. The molecule has 58 heavy (non-hydrogen) atoms. The first kappa shape index (κ1) is 53.9. The first-order chi connectivity index (χ1) is 27.0. The van der Waals surface area contributed by atoms with Crippen molar-refractivity contribution >= 4 is 5.91 Å². The van der Waals surface area contributed by atoms with Crippen molar-refractivity contribution in [1.29, 1.82) is 0 Å². The molecule has 340 valence electrons. The third-order valence-corrected chi connectivity index (χ3v) is 10.9. The number of carbonyl (C=O) groups is 1. The van der Waals surface area contributed by atoms with E-state index in [4.69, 9.17) is 18.9 Å². The van der Waals surface area contributed by atoms with E-state index < -0.39 is 0 Å². The Bertz CT molecular complexity index is 1180. The van der Waals surface area contributed by atoms with Crippen LogP contribution in [0.1, 0.15) is 175 Å². The molecule has 0 aromatic rings. The number of carbonyl (C=O) groups excluding carboxylic acids is 1. The quantitative estimate of drug-likeness (QED) is 0.102. The van der Waals surface area contributed by atoms with Gasteiger partial charge >= 0.3 is 0 Å². The highest BCUT2D eigenvalue weighted by Crippen LogP contribution is 2.29. The van der Waals surface area contributed by atoms with Gasteiger partial charge in [-0.3, -0.25) is 4.79 Å². The van der Waals surface area contributed by atoms with Crippen LogP contribution in [0.15, 0.2) is 36.8 Å². The van der Waals surface area contributed by atoms with E-state index in [1.54, 1.807) is 0 Å². The topological polar surface area (TPSA) is 102 Å². The molecule has 4 fully saturated rings. The lowest BCUT2D eigenvalue weighted by molar-refractivity contribution is -0.127. The predicted octanol–water partition coefficient (Wildman–Crippen LogP) is 10.6. The van der Waals surface area contributed by atoms with Gasteiger partial charge in [-0.05, 0) is 125 Å². The van der Waals surface area contributed by atoms with Crippen LogP contribution in [0.3, 0.4) is 0 Å². The van der Waals surface area contributed by atoms with Crippen molar-refractivity contribution in [3.63, 3.8) is 0 Å². The maximum atomic E-state index is 11.7. The van der Waals surface area contributed by atoms with Crippen LogP contribution in [-0.2, 0) is 23.7 Å². The van der Waals surface area contributed by atoms with E-state index >= 15 is 0 Å². The van der Waals surface area contributed by atoms with Gasteiger partial charge in [-0.2, -0.15) is 0 Å². The Morgan fingerprint density at radius 2 is 0.724 bits per heavy atom. The van der Waals surface area contributed by atoms with Crippen LogP contribution in [0.25, 0.3) is 0 Å². The summed E-state index contributed by atoms with van der Waals surface area (Å²) in [7, 11) is 0. The lowest BCUT2D eigenvalue weighted by Gasteiger charge is -2.39. The van der Waals surface area contributed by atoms with Crippen molar-refractivity contribution in [1.82, 2.24) is 21.3 Å². The number of amides is 1. The lowest BCUT2D eigenvalue weighted by Crippen LogP contribution is -2.50. The van der Waals surface area contributed by atoms with E-state index in [9.17, 15) is 4.79 Å². The van der Waals surface area contributed by atoms with Crippen molar-refractivity contribution < 1.29 is 23.7 Å². The fourth-order valence-electron chi connectivity index (χ4n) is 6.91. The van der Waals surface area contributed by atoms with Crippen LogP contribution in [0.2, 0.25) is 0 Å². The molecule has 4 aliphatic carbocycles. The molecule has 9 nitrogen and oxygen atoms in total. The number of rotatable bonds is 19. The van der Waals surface area contributed by atoms with Gasteiger partial charge in [0.15, 0.2) is 0 Å². The largest absolute Gasteiger partial charge is 0.383 e. The third-order valence-electron chi connectivity index (χ3n) is 10.9. The molecule has 0 heterocycles. The number of nitrogens with one attached hydrogen (secondary N) is 4. The number of allylic oxidation sites excluding steroid dienone is 3. The Hall–Kier alpha value is -2.07. The van der Waals surface area contributed by atoms with E-state index in [2.05, 4.69) is 138 Å².